The Kier molecular flexibility index (Phi) is 4.96. The minimum Gasteiger partial charge on any atom is -0.497 e. The number of aromatic nitrogens is 1. The number of H-pyrrole nitrogens is 1. The maximum Gasteiger partial charge on any atom is 0.170 e. The van der Waals surface area contributed by atoms with Crippen LogP contribution in [0.3, 0.4) is 0 Å². The summed E-state index contributed by atoms with van der Waals surface area (Å²) in [6.45, 7) is 0.692. The van der Waals surface area contributed by atoms with Gasteiger partial charge in [-0.15, -0.1) is 0 Å². The molecular weight excluding hydrogens is 325 g/mol. The van der Waals surface area contributed by atoms with Crippen molar-refractivity contribution in [1.82, 2.24) is 10.3 Å². The highest BCUT2D eigenvalue weighted by atomic mass is 32.1. The van der Waals surface area contributed by atoms with E-state index in [-0.39, 0.29) is 5.82 Å². The highest BCUT2D eigenvalue weighted by Crippen LogP contribution is 2.23. The highest BCUT2D eigenvalue weighted by molar-refractivity contribution is 7.80. The first-order valence-electron chi connectivity index (χ1n) is 7.60. The van der Waals surface area contributed by atoms with Gasteiger partial charge in [0, 0.05) is 29.3 Å². The Bertz CT molecular complexity index is 845. The van der Waals surface area contributed by atoms with Crippen molar-refractivity contribution in [2.24, 2.45) is 0 Å². The summed E-state index contributed by atoms with van der Waals surface area (Å²) in [6.07, 6.45) is 2.82. The maximum atomic E-state index is 12.9. The Hall–Kier alpha value is -2.60. The van der Waals surface area contributed by atoms with Crippen LogP contribution in [-0.2, 0) is 6.42 Å². The van der Waals surface area contributed by atoms with E-state index in [0.29, 0.717) is 11.7 Å². The topological polar surface area (TPSA) is 49.1 Å². The van der Waals surface area contributed by atoms with Crippen LogP contribution in [0.2, 0.25) is 0 Å². The fourth-order valence-electron chi connectivity index (χ4n) is 2.51. The van der Waals surface area contributed by atoms with Gasteiger partial charge in [0.15, 0.2) is 5.11 Å². The van der Waals surface area contributed by atoms with Crippen LogP contribution in [0.25, 0.3) is 10.9 Å². The maximum absolute atomic E-state index is 12.9. The van der Waals surface area contributed by atoms with E-state index in [1.54, 1.807) is 19.2 Å². The van der Waals surface area contributed by atoms with Crippen molar-refractivity contribution in [3.63, 3.8) is 0 Å². The molecule has 0 aliphatic heterocycles. The van der Waals surface area contributed by atoms with E-state index < -0.39 is 0 Å². The van der Waals surface area contributed by atoms with Crippen LogP contribution in [0, 0.1) is 5.82 Å². The van der Waals surface area contributed by atoms with Crippen LogP contribution in [0.4, 0.5) is 10.1 Å². The molecule has 3 N–H and O–H groups in total. The lowest BCUT2D eigenvalue weighted by Crippen LogP contribution is -2.30. The molecule has 0 aliphatic carbocycles. The van der Waals surface area contributed by atoms with Gasteiger partial charge < -0.3 is 20.4 Å². The van der Waals surface area contributed by atoms with Gasteiger partial charge in [0.05, 0.1) is 7.11 Å². The summed E-state index contributed by atoms with van der Waals surface area (Å²) in [7, 11) is 1.66. The summed E-state index contributed by atoms with van der Waals surface area (Å²) in [4.78, 5) is 3.26. The zero-order valence-corrected chi connectivity index (χ0v) is 14.0. The van der Waals surface area contributed by atoms with Crippen molar-refractivity contribution in [2.45, 2.75) is 6.42 Å². The fourth-order valence-corrected chi connectivity index (χ4v) is 2.73. The zero-order chi connectivity index (χ0) is 16.9. The van der Waals surface area contributed by atoms with Gasteiger partial charge in [-0.05, 0) is 66.7 Å². The average Bonchev–Trinajstić information content (AvgIpc) is 2.99. The number of hydrogen-bond acceptors (Lipinski definition) is 2. The molecule has 0 amide bonds. The van der Waals surface area contributed by atoms with Crippen molar-refractivity contribution < 1.29 is 9.13 Å². The number of fused-ring (bicyclic) bond motifs is 1. The number of methoxy groups -OCH3 is 1. The molecular formula is C18H18FN3OS. The number of halogens is 1. The molecule has 0 fully saturated rings. The summed E-state index contributed by atoms with van der Waals surface area (Å²) in [6, 6.07) is 12.0. The van der Waals surface area contributed by atoms with Gasteiger partial charge in [0.1, 0.15) is 11.6 Å². The van der Waals surface area contributed by atoms with Crippen molar-refractivity contribution in [2.75, 3.05) is 19.0 Å². The average molecular weight is 343 g/mol. The minimum absolute atomic E-state index is 0.269. The number of ether oxygens (including phenoxy) is 1. The van der Waals surface area contributed by atoms with Crippen molar-refractivity contribution in [1.29, 1.82) is 0 Å². The van der Waals surface area contributed by atoms with Crippen molar-refractivity contribution in [3.05, 3.63) is 60.0 Å². The highest BCUT2D eigenvalue weighted by Gasteiger charge is 2.05. The minimum atomic E-state index is -0.269. The molecule has 0 atom stereocenters. The standard InChI is InChI=1S/C18H18FN3OS/c1-23-15-6-7-17-16(10-15)12(11-21-17)8-9-20-18(24)22-14-4-2-13(19)3-5-14/h2-7,10-11,21H,8-9H2,1H3,(H2,20,22,24). The molecule has 3 rings (SSSR count). The van der Waals surface area contributed by atoms with E-state index in [1.165, 1.54) is 17.7 Å². The lowest BCUT2D eigenvalue weighted by Gasteiger charge is -2.10. The van der Waals surface area contributed by atoms with Crippen LogP contribution >= 0.6 is 12.2 Å². The third-order valence-corrected chi connectivity index (χ3v) is 4.00. The Morgan fingerprint density at radius 1 is 1.21 bits per heavy atom. The third kappa shape index (κ3) is 3.83. The monoisotopic (exact) mass is 343 g/mol. The SMILES string of the molecule is COc1ccc2[nH]cc(CCNC(=S)Nc3ccc(F)cc3)c2c1. The predicted molar refractivity (Wildman–Crippen MR) is 99.2 cm³/mol. The smallest absolute Gasteiger partial charge is 0.170 e. The number of thiocarbonyl (C=S) groups is 1. The molecule has 0 saturated heterocycles. The van der Waals surface area contributed by atoms with Gasteiger partial charge in [0.25, 0.3) is 0 Å². The molecule has 0 radical (unpaired) electrons. The quantitative estimate of drug-likeness (QED) is 0.616. The van der Waals surface area contributed by atoms with Crippen LogP contribution in [-0.4, -0.2) is 23.8 Å². The molecule has 124 valence electrons. The Balaban J connectivity index is 1.56. The number of benzene rings is 2. The molecule has 1 aromatic heterocycles. The van der Waals surface area contributed by atoms with E-state index in [1.807, 2.05) is 24.4 Å². The van der Waals surface area contributed by atoms with E-state index in [4.69, 9.17) is 17.0 Å². The van der Waals surface area contributed by atoms with E-state index >= 15 is 0 Å². The summed E-state index contributed by atoms with van der Waals surface area (Å²) in [5.41, 5.74) is 3.03. The first kappa shape index (κ1) is 16.3. The number of anilines is 1. The lowest BCUT2D eigenvalue weighted by molar-refractivity contribution is 0.415. The second-order valence-corrected chi connectivity index (χ2v) is 5.77. The van der Waals surface area contributed by atoms with E-state index in [2.05, 4.69) is 15.6 Å². The Morgan fingerprint density at radius 2 is 2.00 bits per heavy atom. The molecule has 0 saturated carbocycles. The van der Waals surface area contributed by atoms with Crippen LogP contribution in [0.15, 0.2) is 48.7 Å². The number of rotatable bonds is 5. The second kappa shape index (κ2) is 7.31. The molecule has 24 heavy (non-hydrogen) atoms. The Morgan fingerprint density at radius 3 is 2.75 bits per heavy atom. The van der Waals surface area contributed by atoms with Gasteiger partial charge >= 0.3 is 0 Å². The third-order valence-electron chi connectivity index (χ3n) is 3.76. The van der Waals surface area contributed by atoms with Gasteiger partial charge in [0.2, 0.25) is 0 Å². The van der Waals surface area contributed by atoms with E-state index in [9.17, 15) is 4.39 Å². The predicted octanol–water partition coefficient (Wildman–Crippen LogP) is 3.84. The summed E-state index contributed by atoms with van der Waals surface area (Å²) >= 11 is 5.26. The summed E-state index contributed by atoms with van der Waals surface area (Å²) in [5, 5.41) is 7.85. The van der Waals surface area contributed by atoms with Gasteiger partial charge in [-0.25, -0.2) is 4.39 Å². The molecule has 2 aromatic carbocycles. The molecule has 0 unspecified atom stereocenters. The molecule has 3 aromatic rings. The van der Waals surface area contributed by atoms with Crippen LogP contribution < -0.4 is 15.4 Å². The van der Waals surface area contributed by atoms with Crippen LogP contribution in [0.1, 0.15) is 5.56 Å². The molecule has 0 aliphatic rings. The normalized spacial score (nSPS) is 10.6. The summed E-state index contributed by atoms with van der Waals surface area (Å²) in [5.74, 6) is 0.569. The zero-order valence-electron chi connectivity index (χ0n) is 13.2. The Labute approximate surface area is 145 Å². The van der Waals surface area contributed by atoms with E-state index in [0.717, 1.165) is 28.8 Å². The number of hydrogen-bond donors (Lipinski definition) is 3. The largest absolute Gasteiger partial charge is 0.497 e. The molecule has 1 heterocycles. The first-order chi connectivity index (χ1) is 11.7. The second-order valence-electron chi connectivity index (χ2n) is 5.36. The van der Waals surface area contributed by atoms with Gasteiger partial charge in [-0.1, -0.05) is 0 Å². The molecule has 6 heteroatoms. The number of nitrogens with one attached hydrogen (secondary N) is 3. The molecule has 0 bridgehead atoms. The first-order valence-corrected chi connectivity index (χ1v) is 8.01. The van der Waals surface area contributed by atoms with Gasteiger partial charge in [-0.2, -0.15) is 0 Å². The van der Waals surface area contributed by atoms with Crippen LogP contribution in [0.5, 0.6) is 5.75 Å². The lowest BCUT2D eigenvalue weighted by atomic mass is 10.1. The molecule has 0 spiro atoms. The number of aromatic amines is 1. The van der Waals surface area contributed by atoms with Gasteiger partial charge in [-0.3, -0.25) is 0 Å². The fraction of sp³-hybridized carbons (Fsp3) is 0.167. The van der Waals surface area contributed by atoms with Crippen molar-refractivity contribution >= 4 is 33.9 Å². The summed E-state index contributed by atoms with van der Waals surface area (Å²) < 4.78 is 18.2. The molecule has 4 nitrogen and oxygen atoms in total. The van der Waals surface area contributed by atoms with Crippen molar-refractivity contribution in [3.8, 4) is 5.75 Å².